The van der Waals surface area contributed by atoms with Crippen LogP contribution in [-0.2, 0) is 19.9 Å². The molecule has 0 bridgehead atoms. The maximum atomic E-state index is 13.3. The van der Waals surface area contributed by atoms with E-state index < -0.39 is 6.10 Å². The number of likely N-dealkylation sites (tertiary alicyclic amines) is 1. The molecule has 2 aromatic heterocycles. The fourth-order valence-electron chi connectivity index (χ4n) is 5.43. The first-order valence-corrected chi connectivity index (χ1v) is 10.1. The third-order valence-electron chi connectivity index (χ3n) is 6.78. The van der Waals surface area contributed by atoms with E-state index in [1.165, 1.54) is 0 Å². The Bertz CT molecular complexity index is 843. The Labute approximate surface area is 159 Å². The van der Waals surface area contributed by atoms with Crippen LogP contribution in [0, 0.1) is 11.8 Å². The maximum absolute atomic E-state index is 13.3. The van der Waals surface area contributed by atoms with Crippen LogP contribution >= 0.6 is 0 Å². The minimum Gasteiger partial charge on any atom is -0.391 e. The van der Waals surface area contributed by atoms with Gasteiger partial charge in [-0.05, 0) is 56.4 Å². The predicted octanol–water partition coefficient (Wildman–Crippen LogP) is 1.58. The van der Waals surface area contributed by atoms with Crippen molar-refractivity contribution >= 4 is 5.91 Å². The lowest BCUT2D eigenvalue weighted by Crippen LogP contribution is -2.36. The molecule has 7 nitrogen and oxygen atoms in total. The molecule has 2 aromatic rings. The molecule has 4 atom stereocenters. The number of amides is 1. The second-order valence-electron chi connectivity index (χ2n) is 8.43. The summed E-state index contributed by atoms with van der Waals surface area (Å²) in [6.45, 7) is 1.51. The van der Waals surface area contributed by atoms with Gasteiger partial charge >= 0.3 is 0 Å². The summed E-state index contributed by atoms with van der Waals surface area (Å²) in [7, 11) is 1.90. The van der Waals surface area contributed by atoms with Gasteiger partial charge in [-0.1, -0.05) is 0 Å². The molecule has 144 valence electrons. The van der Waals surface area contributed by atoms with Gasteiger partial charge in [0.2, 0.25) is 0 Å². The lowest BCUT2D eigenvalue weighted by molar-refractivity contribution is 0.0306. The van der Waals surface area contributed by atoms with Crippen LogP contribution in [-0.4, -0.2) is 54.7 Å². The quantitative estimate of drug-likeness (QED) is 0.872. The normalized spacial score (nSPS) is 30.2. The molecule has 1 amide bonds. The second kappa shape index (κ2) is 6.48. The molecule has 1 saturated heterocycles. The highest BCUT2D eigenvalue weighted by Crippen LogP contribution is 2.41. The molecular formula is C20H27N5O2. The number of aromatic nitrogens is 4. The number of hydrogen-bond donors (Lipinski definition) is 1. The summed E-state index contributed by atoms with van der Waals surface area (Å²) in [5.41, 5.74) is 3.06. The van der Waals surface area contributed by atoms with Gasteiger partial charge in [-0.15, -0.1) is 0 Å². The number of aliphatic hydroxyl groups is 1. The fourth-order valence-corrected chi connectivity index (χ4v) is 5.43. The van der Waals surface area contributed by atoms with Crippen molar-refractivity contribution in [2.75, 3.05) is 13.1 Å². The van der Waals surface area contributed by atoms with Crippen molar-refractivity contribution in [3.63, 3.8) is 0 Å². The Morgan fingerprint density at radius 1 is 1.19 bits per heavy atom. The number of aliphatic hydroxyl groups excluding tert-OH is 1. The molecule has 27 heavy (non-hydrogen) atoms. The highest BCUT2D eigenvalue weighted by Gasteiger charge is 2.44. The molecule has 2 aliphatic carbocycles. The Hall–Kier alpha value is -2.15. The van der Waals surface area contributed by atoms with Crippen LogP contribution in [0.15, 0.2) is 18.5 Å². The maximum Gasteiger partial charge on any atom is 0.272 e. The van der Waals surface area contributed by atoms with Crippen molar-refractivity contribution < 1.29 is 9.90 Å². The van der Waals surface area contributed by atoms with Gasteiger partial charge in [0.1, 0.15) is 5.69 Å². The predicted molar refractivity (Wildman–Crippen MR) is 99.2 cm³/mol. The highest BCUT2D eigenvalue weighted by molar-refractivity contribution is 5.94. The molecule has 3 heterocycles. The second-order valence-corrected chi connectivity index (χ2v) is 8.43. The number of carbonyl (C=O) groups is 1. The van der Waals surface area contributed by atoms with Crippen LogP contribution in [0.2, 0.25) is 0 Å². The van der Waals surface area contributed by atoms with Gasteiger partial charge in [0.05, 0.1) is 17.8 Å². The van der Waals surface area contributed by atoms with E-state index in [1.54, 1.807) is 10.9 Å². The van der Waals surface area contributed by atoms with Crippen molar-refractivity contribution in [1.29, 1.82) is 0 Å². The molecule has 1 saturated carbocycles. The minimum atomic E-state index is -0.398. The summed E-state index contributed by atoms with van der Waals surface area (Å²) in [6.07, 6.45) is 9.15. The zero-order chi connectivity index (χ0) is 18.5. The summed E-state index contributed by atoms with van der Waals surface area (Å²) < 4.78 is 3.67. The molecule has 0 unspecified atom stereocenters. The lowest BCUT2D eigenvalue weighted by atomic mass is 9.77. The van der Waals surface area contributed by atoms with Crippen molar-refractivity contribution in [1.82, 2.24) is 24.5 Å². The molecule has 0 spiro atoms. The van der Waals surface area contributed by atoms with E-state index in [1.807, 2.05) is 28.9 Å². The number of nitrogens with zero attached hydrogens (tertiary/aromatic N) is 5. The van der Waals surface area contributed by atoms with E-state index in [0.717, 1.165) is 68.6 Å². The van der Waals surface area contributed by atoms with Gasteiger partial charge < -0.3 is 10.0 Å². The van der Waals surface area contributed by atoms with Crippen LogP contribution in [0.25, 0.3) is 0 Å². The van der Waals surface area contributed by atoms with Crippen LogP contribution in [0.3, 0.4) is 0 Å². The van der Waals surface area contributed by atoms with E-state index in [2.05, 4.69) is 10.2 Å². The summed E-state index contributed by atoms with van der Waals surface area (Å²) in [5, 5.41) is 19.6. The molecule has 1 N–H and O–H groups in total. The molecule has 0 aromatic carbocycles. The van der Waals surface area contributed by atoms with Crippen LogP contribution < -0.4 is 0 Å². The van der Waals surface area contributed by atoms with Gasteiger partial charge in [-0.3, -0.25) is 14.2 Å². The lowest BCUT2D eigenvalue weighted by Gasteiger charge is -2.35. The number of hydrogen-bond acceptors (Lipinski definition) is 4. The summed E-state index contributed by atoms with van der Waals surface area (Å²) in [4.78, 5) is 15.3. The number of fused-ring (bicyclic) bond motifs is 2. The number of aryl methyl sites for hydroxylation is 2. The largest absolute Gasteiger partial charge is 0.391 e. The molecule has 0 radical (unpaired) electrons. The molecule has 1 aliphatic heterocycles. The monoisotopic (exact) mass is 369 g/mol. The summed E-state index contributed by atoms with van der Waals surface area (Å²) in [5.74, 6) is 0.920. The molecular weight excluding hydrogens is 342 g/mol. The van der Waals surface area contributed by atoms with Gasteiger partial charge in [-0.2, -0.15) is 10.2 Å². The van der Waals surface area contributed by atoms with Gasteiger partial charge in [-0.25, -0.2) is 0 Å². The van der Waals surface area contributed by atoms with E-state index in [9.17, 15) is 9.90 Å². The van der Waals surface area contributed by atoms with Crippen LogP contribution in [0.5, 0.6) is 0 Å². The third-order valence-corrected chi connectivity index (χ3v) is 6.78. The molecule has 7 heteroatoms. The first-order valence-electron chi connectivity index (χ1n) is 10.1. The number of rotatable bonds is 2. The van der Waals surface area contributed by atoms with Crippen LogP contribution in [0.1, 0.15) is 53.5 Å². The SMILES string of the molecule is Cn1nc2c(c1C(=O)N1C[C@H]3C[C@@H](n4cccn4)[C@H](O)C[C@H]3C1)CCCC2. The van der Waals surface area contributed by atoms with Crippen molar-refractivity contribution in [2.24, 2.45) is 18.9 Å². The van der Waals surface area contributed by atoms with Gasteiger partial charge in [0.25, 0.3) is 5.91 Å². The fraction of sp³-hybridized carbons (Fsp3) is 0.650. The zero-order valence-electron chi connectivity index (χ0n) is 15.8. The van der Waals surface area contributed by atoms with Crippen molar-refractivity contribution in [3.05, 3.63) is 35.4 Å². The van der Waals surface area contributed by atoms with E-state index in [4.69, 9.17) is 0 Å². The highest BCUT2D eigenvalue weighted by atomic mass is 16.3. The average molecular weight is 369 g/mol. The summed E-state index contributed by atoms with van der Waals surface area (Å²) >= 11 is 0. The van der Waals surface area contributed by atoms with E-state index in [0.29, 0.717) is 11.8 Å². The first-order chi connectivity index (χ1) is 13.1. The van der Waals surface area contributed by atoms with Crippen molar-refractivity contribution in [3.8, 4) is 0 Å². The van der Waals surface area contributed by atoms with E-state index >= 15 is 0 Å². The minimum absolute atomic E-state index is 0.0146. The number of carbonyl (C=O) groups excluding carboxylic acids is 1. The Morgan fingerprint density at radius 2 is 1.96 bits per heavy atom. The average Bonchev–Trinajstić information content (AvgIpc) is 3.37. The summed E-state index contributed by atoms with van der Waals surface area (Å²) in [6, 6.07) is 1.91. The Morgan fingerprint density at radius 3 is 2.74 bits per heavy atom. The van der Waals surface area contributed by atoms with Gasteiger partial charge in [0.15, 0.2) is 0 Å². The smallest absolute Gasteiger partial charge is 0.272 e. The zero-order valence-corrected chi connectivity index (χ0v) is 15.8. The Kier molecular flexibility index (Phi) is 4.07. The standard InChI is InChI=1S/C20H27N5O2/c1-23-19(15-5-2-3-6-16(15)22-23)20(27)24-11-13-9-17(25-8-4-7-21-25)18(26)10-14(13)12-24/h4,7-8,13-14,17-18,26H,2-3,5-6,9-12H2,1H3/t13-,14+,17-,18-/m1/s1. The van der Waals surface area contributed by atoms with Gasteiger partial charge in [0, 0.05) is 38.1 Å². The Balaban J connectivity index is 1.35. The van der Waals surface area contributed by atoms with Crippen LogP contribution in [0.4, 0.5) is 0 Å². The first kappa shape index (κ1) is 17.0. The van der Waals surface area contributed by atoms with Crippen molar-refractivity contribution in [2.45, 2.75) is 50.7 Å². The molecule has 2 fully saturated rings. The van der Waals surface area contributed by atoms with E-state index in [-0.39, 0.29) is 11.9 Å². The molecule has 5 rings (SSSR count). The topological polar surface area (TPSA) is 76.2 Å². The molecule has 3 aliphatic rings. The third kappa shape index (κ3) is 2.79.